The Bertz CT molecular complexity index is 2590. The molecule has 0 aliphatic carbocycles. The molecule has 5 aromatic carbocycles. The summed E-state index contributed by atoms with van der Waals surface area (Å²) in [5.41, 5.74) is 14.8. The van der Waals surface area contributed by atoms with Crippen molar-refractivity contribution in [2.75, 3.05) is 31.4 Å². The monoisotopic (exact) mass is 1090 g/mol. The molecule has 0 unspecified atom stereocenters. The summed E-state index contributed by atoms with van der Waals surface area (Å²) in [6.07, 6.45) is 13.2. The number of esters is 2. The van der Waals surface area contributed by atoms with Crippen LogP contribution in [0.15, 0.2) is 166 Å². The van der Waals surface area contributed by atoms with Crippen LogP contribution in [0.1, 0.15) is 170 Å². The number of nitrogen functional groups attached to an aromatic ring is 1. The van der Waals surface area contributed by atoms with E-state index in [1.54, 1.807) is 38.1 Å². The van der Waals surface area contributed by atoms with E-state index >= 15 is 0 Å². The van der Waals surface area contributed by atoms with Gasteiger partial charge in [-0.1, -0.05) is 163 Å². The van der Waals surface area contributed by atoms with Gasteiger partial charge >= 0.3 is 11.9 Å². The average Bonchev–Trinajstić information content (AvgIpc) is 3.39. The molecule has 0 heterocycles. The van der Waals surface area contributed by atoms with E-state index in [0.29, 0.717) is 31.0 Å². The van der Waals surface area contributed by atoms with E-state index in [9.17, 15) is 14.7 Å². The number of hydrogen-bond donors (Lipinski definition) is 2. The molecule has 5 rings (SSSR count). The number of ether oxygens (including phenoxy) is 3. The molecule has 0 amide bonds. The van der Waals surface area contributed by atoms with Crippen LogP contribution < -0.4 is 10.5 Å². The van der Waals surface area contributed by atoms with Crippen molar-refractivity contribution < 1.29 is 28.9 Å². The minimum atomic E-state index is -0.297. The third-order valence-corrected chi connectivity index (χ3v) is 12.2. The number of anilines is 1. The molecule has 0 radical (unpaired) electrons. The van der Waals surface area contributed by atoms with Crippen molar-refractivity contribution >= 4 is 52.0 Å². The van der Waals surface area contributed by atoms with Gasteiger partial charge in [-0.3, -0.25) is 0 Å². The van der Waals surface area contributed by atoms with Crippen molar-refractivity contribution in [3.63, 3.8) is 0 Å². The summed E-state index contributed by atoms with van der Waals surface area (Å²) < 4.78 is 15.9. The number of halogens is 1. The summed E-state index contributed by atoms with van der Waals surface area (Å²) >= 11 is 5.56. The highest BCUT2D eigenvalue weighted by Gasteiger charge is 2.15. The molecule has 0 saturated heterocycles. The number of nitrogens with two attached hydrogens (primary N) is 1. The van der Waals surface area contributed by atoms with E-state index in [1.807, 2.05) is 72.8 Å². The Hall–Kier alpha value is -6.59. The number of phenols is 1. The first-order chi connectivity index (χ1) is 36.9. The minimum Gasteiger partial charge on any atom is -0.508 e. The van der Waals surface area contributed by atoms with E-state index in [2.05, 4.69) is 120 Å². The molecule has 0 aliphatic rings. The second-order valence-corrected chi connectivity index (χ2v) is 22.9. The van der Waals surface area contributed by atoms with Crippen LogP contribution in [0.25, 0.3) is 0 Å². The van der Waals surface area contributed by atoms with Gasteiger partial charge in [-0.2, -0.15) is 20.5 Å². The highest BCUT2D eigenvalue weighted by molar-refractivity contribution is 6.17. The van der Waals surface area contributed by atoms with Gasteiger partial charge in [0.15, 0.2) is 0 Å². The van der Waals surface area contributed by atoms with Gasteiger partial charge in [0.2, 0.25) is 0 Å². The molecule has 78 heavy (non-hydrogen) atoms. The van der Waals surface area contributed by atoms with Crippen molar-refractivity contribution in [1.82, 2.24) is 0 Å². The van der Waals surface area contributed by atoms with Crippen molar-refractivity contribution in [1.29, 1.82) is 0 Å². The van der Waals surface area contributed by atoms with Gasteiger partial charge in [0.05, 0.1) is 42.6 Å². The molecule has 11 nitrogen and oxygen atoms in total. The topological polar surface area (TPSA) is 158 Å². The largest absolute Gasteiger partial charge is 0.508 e. The first-order valence-electron chi connectivity index (χ1n) is 27.5. The minimum absolute atomic E-state index is 0.0890. The number of alkyl halides is 1. The van der Waals surface area contributed by atoms with Gasteiger partial charge in [0.25, 0.3) is 0 Å². The number of rotatable bonds is 24. The van der Waals surface area contributed by atoms with Gasteiger partial charge in [-0.05, 0) is 157 Å². The third kappa shape index (κ3) is 31.0. The van der Waals surface area contributed by atoms with Crippen molar-refractivity contribution in [2.24, 2.45) is 20.5 Å². The van der Waals surface area contributed by atoms with Gasteiger partial charge in [-0.15, -0.1) is 11.6 Å². The molecule has 0 atom stereocenters. The molecule has 12 heteroatoms. The number of carbonyl (C=O) groups excluding carboxylic acids is 2. The van der Waals surface area contributed by atoms with Gasteiger partial charge in [0, 0.05) is 22.7 Å². The molecule has 5 aromatic rings. The first-order valence-corrected chi connectivity index (χ1v) is 28.1. The van der Waals surface area contributed by atoms with Crippen LogP contribution in [0.2, 0.25) is 0 Å². The summed E-state index contributed by atoms with van der Waals surface area (Å²) in [5, 5.41) is 26.3. The molecule has 3 N–H and O–H groups in total. The highest BCUT2D eigenvalue weighted by Crippen LogP contribution is 2.29. The van der Waals surface area contributed by atoms with E-state index in [4.69, 9.17) is 31.5 Å². The fourth-order valence-electron chi connectivity index (χ4n) is 7.01. The average molecular weight is 1090 g/mol. The van der Waals surface area contributed by atoms with Gasteiger partial charge in [-0.25, -0.2) is 9.59 Å². The third-order valence-electron chi connectivity index (χ3n) is 11.9. The van der Waals surface area contributed by atoms with E-state index < -0.39 is 0 Å². The molecule has 0 saturated carbocycles. The number of unbranched alkanes of at least 4 members (excludes halogenated alkanes) is 10. The summed E-state index contributed by atoms with van der Waals surface area (Å²) in [6, 6.07) is 38.7. The number of benzene rings is 5. The maximum absolute atomic E-state index is 11.3. The Morgan fingerprint density at radius 1 is 0.474 bits per heavy atom. The van der Waals surface area contributed by atoms with E-state index in [0.717, 1.165) is 97.9 Å². The zero-order valence-corrected chi connectivity index (χ0v) is 49.8. The Morgan fingerprint density at radius 2 is 0.821 bits per heavy atom. The SMILES string of the molecule is C=C(C)C(=O)OCCCCCCCCCl.C=C(C)C(=O)OCCCCCCCCOc1ccc(N=Nc2cccc(C(C)(C)C)c2)cc1.CC(C)(C)c1cccc(N)c1.CC(C)(C)c1cccc(N=Nc2ccc(O)cc2)c1. The first kappa shape index (κ1) is 67.5. The summed E-state index contributed by atoms with van der Waals surface area (Å²) in [4.78, 5) is 22.3. The fraction of sp³-hybridized carbons (Fsp3) is 0.455. The van der Waals surface area contributed by atoms with Gasteiger partial charge in [0.1, 0.15) is 11.5 Å². The summed E-state index contributed by atoms with van der Waals surface area (Å²) in [5.74, 6) is 1.26. The zero-order chi connectivity index (χ0) is 58.0. The number of aromatic hydroxyl groups is 1. The van der Waals surface area contributed by atoms with Crippen LogP contribution >= 0.6 is 11.6 Å². The number of phenolic OH excluding ortho intramolecular Hbond substituents is 1. The molecule has 0 spiro atoms. The zero-order valence-electron chi connectivity index (χ0n) is 49.0. The molecule has 424 valence electrons. The van der Waals surface area contributed by atoms with Crippen LogP contribution in [-0.4, -0.2) is 42.7 Å². The highest BCUT2D eigenvalue weighted by atomic mass is 35.5. The summed E-state index contributed by atoms with van der Waals surface area (Å²) in [6.45, 7) is 31.7. The van der Waals surface area contributed by atoms with Crippen LogP contribution in [0, 0.1) is 0 Å². The number of azo groups is 2. The predicted octanol–water partition coefficient (Wildman–Crippen LogP) is 19.6. The molecule has 0 aromatic heterocycles. The van der Waals surface area contributed by atoms with Crippen LogP contribution in [0.5, 0.6) is 11.5 Å². The van der Waals surface area contributed by atoms with Crippen LogP contribution in [0.4, 0.5) is 28.4 Å². The van der Waals surface area contributed by atoms with Crippen molar-refractivity contribution in [3.05, 3.63) is 162 Å². The van der Waals surface area contributed by atoms with Crippen molar-refractivity contribution in [2.45, 2.75) is 169 Å². The van der Waals surface area contributed by atoms with Gasteiger partial charge < -0.3 is 25.1 Å². The lowest BCUT2D eigenvalue weighted by Gasteiger charge is -2.18. The Labute approximate surface area is 473 Å². The van der Waals surface area contributed by atoms with E-state index in [1.165, 1.54) is 36.0 Å². The maximum Gasteiger partial charge on any atom is 0.333 e. The van der Waals surface area contributed by atoms with Crippen LogP contribution in [-0.2, 0) is 35.3 Å². The van der Waals surface area contributed by atoms with E-state index in [-0.39, 0.29) is 33.9 Å². The smallest absolute Gasteiger partial charge is 0.333 e. The van der Waals surface area contributed by atoms with Crippen molar-refractivity contribution in [3.8, 4) is 11.5 Å². The lowest BCUT2D eigenvalue weighted by Crippen LogP contribution is -2.10. The maximum atomic E-state index is 11.3. The number of hydrogen-bond acceptors (Lipinski definition) is 11. The fourth-order valence-corrected chi connectivity index (χ4v) is 7.20. The molecule has 0 bridgehead atoms. The quantitative estimate of drug-likeness (QED) is 0.0155. The summed E-state index contributed by atoms with van der Waals surface area (Å²) in [7, 11) is 0. The molecular formula is C66H92ClN5O6. The molecule has 0 fully saturated rings. The second-order valence-electron chi connectivity index (χ2n) is 22.5. The molecule has 0 aliphatic heterocycles. The standard InChI is InChI=1S/C28H38N2O3.C16H18N2O.C12H21ClO2.C10H15N/c1-22(2)27(31)33-20-11-9-7-6-8-10-19-32-26-17-15-24(16-18-26)29-30-25-14-12-13-23(21-25)28(3,4)5;1-16(2,3)12-5-4-6-14(11-12)18-17-13-7-9-15(19)10-8-13;1-11(2)12(14)15-10-8-6-4-3-5-7-9-13;1-10(2,3)8-5-4-6-9(11)7-8/h12-18,21H,1,6-11,19-20H2,2-5H3;4-11,19H,1-3H3;1,3-10H2,2H3;4-7H,11H2,1-3H3. The van der Waals surface area contributed by atoms with Crippen LogP contribution in [0.3, 0.4) is 0 Å². The molecular weight excluding hydrogens is 994 g/mol. The Kier molecular flexibility index (Phi) is 31.6. The Morgan fingerprint density at radius 3 is 1.19 bits per heavy atom. The Balaban J connectivity index is 0.000000390. The second kappa shape index (κ2) is 36.5. The lowest BCUT2D eigenvalue weighted by atomic mass is 9.87. The normalized spacial score (nSPS) is 11.3. The lowest BCUT2D eigenvalue weighted by molar-refractivity contribution is -0.139. The predicted molar refractivity (Wildman–Crippen MR) is 326 cm³/mol. The number of nitrogens with zero attached hydrogens (tertiary/aromatic N) is 4. The number of carbonyl (C=O) groups is 2.